The van der Waals surface area contributed by atoms with Crippen LogP contribution in [-0.2, 0) is 9.53 Å². The van der Waals surface area contributed by atoms with Gasteiger partial charge in [-0.1, -0.05) is 24.3 Å². The van der Waals surface area contributed by atoms with Crippen molar-refractivity contribution in [2.45, 2.75) is 20.8 Å². The first-order valence-electron chi connectivity index (χ1n) is 7.91. The molecule has 4 heteroatoms. The highest BCUT2D eigenvalue weighted by Crippen LogP contribution is 2.32. The lowest BCUT2D eigenvalue weighted by molar-refractivity contribution is -0.113. The number of fused-ring (bicyclic) bond motifs is 1. The second-order valence-corrected chi connectivity index (χ2v) is 5.75. The highest BCUT2D eigenvalue weighted by atomic mass is 16.5. The number of benzene rings is 2. The van der Waals surface area contributed by atoms with E-state index >= 15 is 0 Å². The predicted octanol–water partition coefficient (Wildman–Crippen LogP) is 3.87. The van der Waals surface area contributed by atoms with E-state index in [0.717, 1.165) is 11.1 Å². The summed E-state index contributed by atoms with van der Waals surface area (Å²) in [4.78, 5) is 27.1. The minimum absolute atomic E-state index is 0.312. The molecule has 0 saturated carbocycles. The van der Waals surface area contributed by atoms with Crippen molar-refractivity contribution in [2.24, 2.45) is 0 Å². The van der Waals surface area contributed by atoms with Crippen molar-refractivity contribution in [1.29, 1.82) is 0 Å². The van der Waals surface area contributed by atoms with Gasteiger partial charge in [-0.3, -0.25) is 9.59 Å². The van der Waals surface area contributed by atoms with E-state index < -0.39 is 0 Å². The molecule has 0 bridgehead atoms. The number of carbonyl (C=O) groups is 2. The van der Waals surface area contributed by atoms with E-state index in [0.29, 0.717) is 29.0 Å². The zero-order valence-corrected chi connectivity index (χ0v) is 14.0. The number of hydrogen-bond acceptors (Lipinski definition) is 3. The Hall–Kier alpha value is -2.88. The molecular formula is C20H19NO3. The molecule has 3 rings (SSSR count). The Morgan fingerprint density at radius 2 is 1.67 bits per heavy atom. The van der Waals surface area contributed by atoms with Crippen LogP contribution in [0.4, 0.5) is 5.69 Å². The molecule has 0 spiro atoms. The van der Waals surface area contributed by atoms with Crippen molar-refractivity contribution >= 4 is 23.1 Å². The Morgan fingerprint density at radius 1 is 0.958 bits per heavy atom. The Balaban J connectivity index is 2.16. The first-order chi connectivity index (χ1) is 11.5. The van der Waals surface area contributed by atoms with Gasteiger partial charge in [0, 0.05) is 11.1 Å². The first-order valence-corrected chi connectivity index (χ1v) is 7.91. The zero-order valence-electron chi connectivity index (χ0n) is 14.0. The van der Waals surface area contributed by atoms with Gasteiger partial charge in [0.05, 0.1) is 24.1 Å². The fraction of sp³-hybridized carbons (Fsp3) is 0.200. The molecule has 0 unspecified atom stereocenters. The highest BCUT2D eigenvalue weighted by Gasteiger charge is 2.36. The van der Waals surface area contributed by atoms with Gasteiger partial charge in [-0.05, 0) is 50.1 Å². The van der Waals surface area contributed by atoms with Gasteiger partial charge in [0.15, 0.2) is 0 Å². The molecule has 122 valence electrons. The van der Waals surface area contributed by atoms with Gasteiger partial charge in [0.25, 0.3) is 11.8 Å². The van der Waals surface area contributed by atoms with Gasteiger partial charge < -0.3 is 4.74 Å². The summed E-state index contributed by atoms with van der Waals surface area (Å²) in [7, 11) is 0. The van der Waals surface area contributed by atoms with Gasteiger partial charge in [-0.15, -0.1) is 0 Å². The molecule has 2 aromatic carbocycles. The monoisotopic (exact) mass is 321 g/mol. The number of hydrogen-bond donors (Lipinski definition) is 0. The van der Waals surface area contributed by atoms with Crippen LogP contribution >= 0.6 is 0 Å². The van der Waals surface area contributed by atoms with Crippen LogP contribution in [0.2, 0.25) is 0 Å². The fourth-order valence-corrected chi connectivity index (χ4v) is 2.73. The molecule has 2 amide bonds. The topological polar surface area (TPSA) is 46.6 Å². The molecule has 0 radical (unpaired) electrons. The summed E-state index contributed by atoms with van der Waals surface area (Å²) < 4.78 is 5.34. The zero-order chi connectivity index (χ0) is 17.3. The molecule has 1 aliphatic heterocycles. The Kier molecular flexibility index (Phi) is 4.21. The SMILES string of the molecule is CCO/C=C1\C(=O)N(c2ccc(C)c(C)c2)C(=O)c2ccccc21. The van der Waals surface area contributed by atoms with Crippen LogP contribution in [0.1, 0.15) is 34.0 Å². The van der Waals surface area contributed by atoms with Crippen molar-refractivity contribution in [1.82, 2.24) is 0 Å². The van der Waals surface area contributed by atoms with Crippen LogP contribution < -0.4 is 4.90 Å². The van der Waals surface area contributed by atoms with Crippen molar-refractivity contribution in [3.05, 3.63) is 71.0 Å². The molecule has 24 heavy (non-hydrogen) atoms. The molecule has 0 fully saturated rings. The van der Waals surface area contributed by atoms with Crippen LogP contribution in [0, 0.1) is 13.8 Å². The van der Waals surface area contributed by atoms with Crippen molar-refractivity contribution in [2.75, 3.05) is 11.5 Å². The standard InChI is InChI=1S/C20H19NO3/c1-4-24-12-18-16-7-5-6-8-17(16)19(22)21(20(18)23)15-10-9-13(2)14(3)11-15/h5-12H,4H2,1-3H3/b18-12-. The summed E-state index contributed by atoms with van der Waals surface area (Å²) in [5.74, 6) is -0.678. The van der Waals surface area contributed by atoms with Gasteiger partial charge in [0.1, 0.15) is 0 Å². The van der Waals surface area contributed by atoms with Crippen LogP contribution in [0.15, 0.2) is 48.7 Å². The van der Waals surface area contributed by atoms with Crippen molar-refractivity contribution in [3.8, 4) is 0 Å². The van der Waals surface area contributed by atoms with Gasteiger partial charge in [-0.25, -0.2) is 4.90 Å². The Morgan fingerprint density at radius 3 is 2.33 bits per heavy atom. The second-order valence-electron chi connectivity index (χ2n) is 5.75. The van der Waals surface area contributed by atoms with Gasteiger partial charge in [0.2, 0.25) is 0 Å². The maximum Gasteiger partial charge on any atom is 0.269 e. The Bertz CT molecular complexity index is 852. The maximum absolute atomic E-state index is 13.0. The van der Waals surface area contributed by atoms with Crippen LogP contribution in [0.5, 0.6) is 0 Å². The molecule has 4 nitrogen and oxygen atoms in total. The molecule has 0 atom stereocenters. The van der Waals surface area contributed by atoms with E-state index in [2.05, 4.69) is 0 Å². The van der Waals surface area contributed by atoms with Crippen molar-refractivity contribution in [3.63, 3.8) is 0 Å². The van der Waals surface area contributed by atoms with Crippen LogP contribution in [0.3, 0.4) is 0 Å². The third-order valence-corrected chi connectivity index (χ3v) is 4.20. The minimum atomic E-state index is -0.365. The largest absolute Gasteiger partial charge is 0.501 e. The second kappa shape index (κ2) is 6.32. The molecular weight excluding hydrogens is 302 g/mol. The van der Waals surface area contributed by atoms with E-state index in [1.54, 1.807) is 24.3 Å². The number of amides is 2. The average Bonchev–Trinajstić information content (AvgIpc) is 2.58. The lowest BCUT2D eigenvalue weighted by atomic mass is 9.93. The number of carbonyl (C=O) groups excluding carboxylic acids is 2. The number of rotatable bonds is 3. The summed E-state index contributed by atoms with van der Waals surface area (Å²) in [5.41, 5.74) is 4.22. The predicted molar refractivity (Wildman–Crippen MR) is 93.8 cm³/mol. The number of imide groups is 1. The molecule has 2 aromatic rings. The number of ether oxygens (including phenoxy) is 1. The third kappa shape index (κ3) is 2.60. The summed E-state index contributed by atoms with van der Waals surface area (Å²) >= 11 is 0. The van der Waals surface area contributed by atoms with E-state index in [-0.39, 0.29) is 11.8 Å². The summed E-state index contributed by atoms with van der Waals surface area (Å²) in [5, 5.41) is 0. The molecule has 0 saturated heterocycles. The number of anilines is 1. The van der Waals surface area contributed by atoms with E-state index in [9.17, 15) is 9.59 Å². The summed E-state index contributed by atoms with van der Waals surface area (Å²) in [6.45, 7) is 6.26. The highest BCUT2D eigenvalue weighted by molar-refractivity contribution is 6.40. The molecule has 1 heterocycles. The quantitative estimate of drug-likeness (QED) is 0.490. The lowest BCUT2D eigenvalue weighted by Crippen LogP contribution is -2.42. The average molecular weight is 321 g/mol. The third-order valence-electron chi connectivity index (χ3n) is 4.20. The first kappa shape index (κ1) is 16.0. The van der Waals surface area contributed by atoms with Gasteiger partial charge >= 0.3 is 0 Å². The molecule has 1 aliphatic rings. The van der Waals surface area contributed by atoms with E-state index in [4.69, 9.17) is 4.74 Å². The smallest absolute Gasteiger partial charge is 0.269 e. The fourth-order valence-electron chi connectivity index (χ4n) is 2.73. The van der Waals surface area contributed by atoms with Crippen LogP contribution in [0.25, 0.3) is 5.57 Å². The minimum Gasteiger partial charge on any atom is -0.501 e. The number of aryl methyl sites for hydroxylation is 2. The molecule has 0 aliphatic carbocycles. The molecule has 0 aromatic heterocycles. The molecule has 0 N–H and O–H groups in total. The van der Waals surface area contributed by atoms with E-state index in [1.165, 1.54) is 11.2 Å². The van der Waals surface area contributed by atoms with Gasteiger partial charge in [-0.2, -0.15) is 0 Å². The summed E-state index contributed by atoms with van der Waals surface area (Å²) in [6, 6.07) is 12.7. The Labute approximate surface area is 141 Å². The number of nitrogens with zero attached hydrogens (tertiary/aromatic N) is 1. The van der Waals surface area contributed by atoms with E-state index in [1.807, 2.05) is 39.0 Å². The van der Waals surface area contributed by atoms with Crippen LogP contribution in [-0.4, -0.2) is 18.4 Å². The maximum atomic E-state index is 13.0. The normalized spacial score (nSPS) is 15.6. The van der Waals surface area contributed by atoms with Crippen molar-refractivity contribution < 1.29 is 14.3 Å². The lowest BCUT2D eigenvalue weighted by Gasteiger charge is -2.28. The summed E-state index contributed by atoms with van der Waals surface area (Å²) in [6.07, 6.45) is 1.45.